The molecule has 1 N–H and O–H groups in total. The summed E-state index contributed by atoms with van der Waals surface area (Å²) >= 11 is 1.23. The molecule has 0 saturated heterocycles. The summed E-state index contributed by atoms with van der Waals surface area (Å²) in [5.41, 5.74) is 3.29. The predicted octanol–water partition coefficient (Wildman–Crippen LogP) is 1.90. The standard InChI is InChI=1S/C15H17N5O2S/c1-5-20-7-14(22-19-20)18-13(21)8-23-15-12(6-16)10(3)9(2)11(4)17-15/h7H,5,8H2,1-4H3/p+1. The van der Waals surface area contributed by atoms with Gasteiger partial charge in [-0.15, -0.1) is 0 Å². The lowest BCUT2D eigenvalue weighted by atomic mass is 10.1. The summed E-state index contributed by atoms with van der Waals surface area (Å²) in [4.78, 5) is 16.4. The van der Waals surface area contributed by atoms with Gasteiger partial charge in [-0.3, -0.25) is 14.6 Å². The van der Waals surface area contributed by atoms with Crippen molar-refractivity contribution in [3.63, 3.8) is 0 Å². The van der Waals surface area contributed by atoms with Crippen LogP contribution in [-0.2, 0) is 11.3 Å². The summed E-state index contributed by atoms with van der Waals surface area (Å²) in [5.74, 6) is 0.189. The zero-order valence-corrected chi connectivity index (χ0v) is 14.3. The number of hydrogen-bond donors (Lipinski definition) is 1. The van der Waals surface area contributed by atoms with Gasteiger partial charge in [-0.1, -0.05) is 16.4 Å². The van der Waals surface area contributed by atoms with Gasteiger partial charge in [0, 0.05) is 5.69 Å². The lowest BCUT2D eigenvalue weighted by Gasteiger charge is -2.10. The van der Waals surface area contributed by atoms with Gasteiger partial charge in [-0.05, 0) is 38.8 Å². The van der Waals surface area contributed by atoms with Crippen LogP contribution in [0.4, 0.5) is 5.88 Å². The largest absolute Gasteiger partial charge is 0.302 e. The number of carbonyl (C=O) groups is 1. The summed E-state index contributed by atoms with van der Waals surface area (Å²) in [6, 6.07) is 2.17. The molecule has 0 aromatic carbocycles. The maximum atomic E-state index is 12.0. The van der Waals surface area contributed by atoms with Crippen LogP contribution in [0.1, 0.15) is 29.3 Å². The number of aryl methyl sites for hydroxylation is 2. The number of nitriles is 1. The number of thioether (sulfide) groups is 1. The van der Waals surface area contributed by atoms with Crippen molar-refractivity contribution in [2.75, 3.05) is 11.1 Å². The van der Waals surface area contributed by atoms with Crippen LogP contribution in [0, 0.1) is 32.1 Å². The Balaban J connectivity index is 2.06. The minimum Gasteiger partial charge on any atom is -0.288 e. The lowest BCUT2D eigenvalue weighted by molar-refractivity contribution is -0.759. The Labute approximate surface area is 138 Å². The maximum Gasteiger partial charge on any atom is 0.302 e. The van der Waals surface area contributed by atoms with Crippen molar-refractivity contribution in [2.24, 2.45) is 0 Å². The molecule has 0 aliphatic rings. The Morgan fingerprint density at radius 3 is 2.78 bits per heavy atom. The first-order chi connectivity index (χ1) is 11.0. The van der Waals surface area contributed by atoms with Crippen molar-refractivity contribution in [3.05, 3.63) is 28.6 Å². The Morgan fingerprint density at radius 1 is 1.43 bits per heavy atom. The Morgan fingerprint density at radius 2 is 2.17 bits per heavy atom. The highest BCUT2D eigenvalue weighted by molar-refractivity contribution is 8.00. The molecule has 0 fully saturated rings. The van der Waals surface area contributed by atoms with Crippen LogP contribution in [0.25, 0.3) is 0 Å². The van der Waals surface area contributed by atoms with Gasteiger partial charge in [0.15, 0.2) is 6.54 Å². The van der Waals surface area contributed by atoms with E-state index in [1.165, 1.54) is 11.8 Å². The molecule has 8 heteroatoms. The average molecular weight is 332 g/mol. The molecular formula is C15H18N5O2S+. The zero-order valence-electron chi connectivity index (χ0n) is 13.5. The first kappa shape index (κ1) is 17.0. The molecule has 0 unspecified atom stereocenters. The molecule has 0 aliphatic heterocycles. The number of nitrogens with zero attached hydrogens (tertiary/aromatic N) is 4. The van der Waals surface area contributed by atoms with Crippen LogP contribution >= 0.6 is 11.8 Å². The molecule has 23 heavy (non-hydrogen) atoms. The number of pyridine rings is 1. The molecule has 0 radical (unpaired) electrons. The van der Waals surface area contributed by atoms with Gasteiger partial charge < -0.3 is 0 Å². The van der Waals surface area contributed by atoms with Gasteiger partial charge in [0.2, 0.25) is 11.2 Å². The van der Waals surface area contributed by atoms with Crippen molar-refractivity contribution in [1.82, 2.24) is 10.3 Å². The van der Waals surface area contributed by atoms with Gasteiger partial charge in [0.1, 0.15) is 11.1 Å². The number of anilines is 1. The summed E-state index contributed by atoms with van der Waals surface area (Å²) < 4.78 is 6.56. The molecule has 0 atom stereocenters. The van der Waals surface area contributed by atoms with E-state index in [4.69, 9.17) is 4.52 Å². The highest BCUT2D eigenvalue weighted by Gasteiger charge is 2.16. The van der Waals surface area contributed by atoms with Crippen molar-refractivity contribution in [1.29, 1.82) is 5.26 Å². The third-order valence-electron chi connectivity index (χ3n) is 3.51. The second kappa shape index (κ2) is 7.24. The quantitative estimate of drug-likeness (QED) is 0.664. The molecular weight excluding hydrogens is 314 g/mol. The molecule has 0 aliphatic carbocycles. The van der Waals surface area contributed by atoms with E-state index in [1.54, 1.807) is 10.9 Å². The highest BCUT2D eigenvalue weighted by Crippen LogP contribution is 2.26. The summed E-state index contributed by atoms with van der Waals surface area (Å²) in [7, 11) is 0. The topological polar surface area (TPSA) is 95.7 Å². The molecule has 2 heterocycles. The second-order valence-electron chi connectivity index (χ2n) is 5.00. The Hall–Kier alpha value is -2.40. The summed E-state index contributed by atoms with van der Waals surface area (Å²) in [6.07, 6.45) is 1.61. The molecule has 120 valence electrons. The highest BCUT2D eigenvalue weighted by atomic mass is 32.2. The summed E-state index contributed by atoms with van der Waals surface area (Å²) in [6.45, 7) is 8.30. The van der Waals surface area contributed by atoms with Crippen LogP contribution in [0.2, 0.25) is 0 Å². The number of rotatable bonds is 5. The lowest BCUT2D eigenvalue weighted by Crippen LogP contribution is -2.32. The van der Waals surface area contributed by atoms with E-state index in [0.29, 0.717) is 23.0 Å². The molecule has 0 saturated carbocycles. The Bertz CT molecular complexity index is 779. The minimum absolute atomic E-state index is 0.135. The number of amides is 1. The fourth-order valence-electron chi connectivity index (χ4n) is 1.94. The van der Waals surface area contributed by atoms with Gasteiger partial charge in [-0.2, -0.15) is 5.26 Å². The molecule has 0 spiro atoms. The Kier molecular flexibility index (Phi) is 5.34. The fourth-order valence-corrected chi connectivity index (χ4v) is 2.82. The van der Waals surface area contributed by atoms with Crippen molar-refractivity contribution in [2.45, 2.75) is 39.3 Å². The van der Waals surface area contributed by atoms with E-state index in [-0.39, 0.29) is 11.7 Å². The first-order valence-electron chi connectivity index (χ1n) is 7.13. The van der Waals surface area contributed by atoms with Gasteiger partial charge >= 0.3 is 5.88 Å². The van der Waals surface area contributed by atoms with Crippen LogP contribution < -0.4 is 10.00 Å². The third-order valence-corrected chi connectivity index (χ3v) is 4.49. The predicted molar refractivity (Wildman–Crippen MR) is 84.9 cm³/mol. The molecule has 2 aromatic heterocycles. The molecule has 2 aromatic rings. The summed E-state index contributed by atoms with van der Waals surface area (Å²) in [5, 5.41) is 16.2. The molecule has 7 nitrogen and oxygen atoms in total. The maximum absolute atomic E-state index is 12.0. The average Bonchev–Trinajstić information content (AvgIpc) is 2.98. The first-order valence-corrected chi connectivity index (χ1v) is 8.11. The minimum atomic E-state index is -0.240. The number of carbonyl (C=O) groups excluding carboxylic acids is 1. The van der Waals surface area contributed by atoms with E-state index < -0.39 is 0 Å². The number of nitrogens with one attached hydrogen (secondary N) is 1. The smallest absolute Gasteiger partial charge is 0.288 e. The van der Waals surface area contributed by atoms with Crippen molar-refractivity contribution < 1.29 is 14.0 Å². The van der Waals surface area contributed by atoms with Crippen molar-refractivity contribution in [3.8, 4) is 6.07 Å². The van der Waals surface area contributed by atoms with Crippen LogP contribution in [-0.4, -0.2) is 21.9 Å². The van der Waals surface area contributed by atoms with Gasteiger partial charge in [-0.25, -0.2) is 4.98 Å². The number of hydrogen-bond acceptors (Lipinski definition) is 6. The van der Waals surface area contributed by atoms with E-state index in [1.807, 2.05) is 27.7 Å². The van der Waals surface area contributed by atoms with E-state index in [9.17, 15) is 10.1 Å². The molecule has 2 rings (SSSR count). The van der Waals surface area contributed by atoms with E-state index in [0.717, 1.165) is 16.8 Å². The van der Waals surface area contributed by atoms with Crippen molar-refractivity contribution >= 4 is 23.6 Å². The van der Waals surface area contributed by atoms with Gasteiger partial charge in [0.05, 0.1) is 11.3 Å². The SMILES string of the molecule is CC[n+]1cc(NC(=O)CSc2nc(C)c(C)c(C)c2C#N)on1. The number of aromatic nitrogens is 3. The normalized spacial score (nSPS) is 10.4. The van der Waals surface area contributed by atoms with Gasteiger partial charge in [0.25, 0.3) is 6.20 Å². The fraction of sp³-hybridized carbons (Fsp3) is 0.400. The van der Waals surface area contributed by atoms with E-state index >= 15 is 0 Å². The third kappa shape index (κ3) is 3.87. The van der Waals surface area contributed by atoms with Crippen LogP contribution in [0.5, 0.6) is 0 Å². The van der Waals surface area contributed by atoms with Crippen LogP contribution in [0.3, 0.4) is 0 Å². The van der Waals surface area contributed by atoms with Crippen LogP contribution in [0.15, 0.2) is 15.7 Å². The second-order valence-corrected chi connectivity index (χ2v) is 5.96. The molecule has 0 bridgehead atoms. The zero-order chi connectivity index (χ0) is 17.0. The molecule has 1 amide bonds. The van der Waals surface area contributed by atoms with E-state index in [2.05, 4.69) is 21.6 Å². The monoisotopic (exact) mass is 332 g/mol.